The van der Waals surface area contributed by atoms with Gasteiger partial charge in [-0.3, -0.25) is 9.88 Å². The Morgan fingerprint density at radius 1 is 1.16 bits per heavy atom. The van der Waals surface area contributed by atoms with Gasteiger partial charge in [0.05, 0.1) is 28.1 Å². The molecule has 9 heteroatoms. The van der Waals surface area contributed by atoms with Gasteiger partial charge in [0.15, 0.2) is 0 Å². The molecule has 0 fully saturated rings. The minimum absolute atomic E-state index is 0.0653. The first-order valence-electron chi connectivity index (χ1n) is 9.40. The number of carboxylic acids is 1. The van der Waals surface area contributed by atoms with Crippen LogP contribution in [-0.2, 0) is 0 Å². The molecule has 0 unspecified atom stereocenters. The van der Waals surface area contributed by atoms with Gasteiger partial charge in [-0.1, -0.05) is 0 Å². The Morgan fingerprint density at radius 2 is 2.00 bits per heavy atom. The number of urea groups is 1. The average Bonchev–Trinajstić information content (AvgIpc) is 3.12. The topological polar surface area (TPSA) is 105 Å². The number of aromatic nitrogens is 2. The summed E-state index contributed by atoms with van der Waals surface area (Å²) in [6.07, 6.45) is 3.25. The van der Waals surface area contributed by atoms with Crippen LogP contribution in [0.25, 0.3) is 10.2 Å². The van der Waals surface area contributed by atoms with Gasteiger partial charge in [-0.15, -0.1) is 11.3 Å². The van der Waals surface area contributed by atoms with Crippen molar-refractivity contribution in [3.05, 3.63) is 64.9 Å². The Kier molecular flexibility index (Phi) is 4.33. The SMILES string of the molecule is Cc1cc(Oc2cccnc2C)ccc1N1C(=O)Nc2ccnc3sc(C(=O)O)c1c23. The number of carboxylic acid groups (broad SMARTS) is 1. The summed E-state index contributed by atoms with van der Waals surface area (Å²) in [5.41, 5.74) is 2.95. The number of nitrogens with zero attached hydrogens (tertiary/aromatic N) is 3. The molecular weight excluding hydrogens is 416 g/mol. The fourth-order valence-corrected chi connectivity index (χ4v) is 4.61. The van der Waals surface area contributed by atoms with Crippen LogP contribution in [0.2, 0.25) is 0 Å². The van der Waals surface area contributed by atoms with Crippen molar-refractivity contribution in [1.29, 1.82) is 0 Å². The number of carbonyl (C=O) groups excluding carboxylic acids is 1. The van der Waals surface area contributed by atoms with Crippen molar-refractivity contribution in [1.82, 2.24) is 9.97 Å². The molecule has 4 aromatic rings. The normalized spacial score (nSPS) is 12.7. The van der Waals surface area contributed by atoms with E-state index in [2.05, 4.69) is 15.3 Å². The van der Waals surface area contributed by atoms with Gasteiger partial charge in [0, 0.05) is 12.4 Å². The van der Waals surface area contributed by atoms with Gasteiger partial charge in [0.25, 0.3) is 0 Å². The summed E-state index contributed by atoms with van der Waals surface area (Å²) in [6, 6.07) is 10.1. The molecule has 4 heterocycles. The maximum Gasteiger partial charge on any atom is 0.348 e. The number of anilines is 3. The molecule has 1 aromatic carbocycles. The molecule has 2 amide bonds. The van der Waals surface area contributed by atoms with Crippen molar-refractivity contribution in [2.45, 2.75) is 13.8 Å². The molecule has 5 rings (SSSR count). The Morgan fingerprint density at radius 3 is 2.74 bits per heavy atom. The number of amides is 2. The van der Waals surface area contributed by atoms with Crippen molar-refractivity contribution < 1.29 is 19.4 Å². The monoisotopic (exact) mass is 432 g/mol. The van der Waals surface area contributed by atoms with Crippen LogP contribution in [0.4, 0.5) is 21.9 Å². The van der Waals surface area contributed by atoms with Crippen LogP contribution in [0.5, 0.6) is 11.5 Å². The number of hydrogen-bond acceptors (Lipinski definition) is 6. The standard InChI is InChI=1S/C22H16N4O4S/c1-11-10-13(30-16-4-3-8-23-12(16)2)5-6-15(11)26-18-17-14(25-22(26)29)7-9-24-20(17)31-19(18)21(27)28/h3-10H,1-2H3,(H,25,29)(H,27,28). The van der Waals surface area contributed by atoms with Gasteiger partial charge < -0.3 is 15.2 Å². The summed E-state index contributed by atoms with van der Waals surface area (Å²) in [6.45, 7) is 3.70. The summed E-state index contributed by atoms with van der Waals surface area (Å²) < 4.78 is 5.94. The zero-order valence-electron chi connectivity index (χ0n) is 16.5. The number of pyridine rings is 2. The van der Waals surface area contributed by atoms with E-state index in [1.165, 1.54) is 4.90 Å². The number of ether oxygens (including phenoxy) is 1. The summed E-state index contributed by atoms with van der Waals surface area (Å²) in [5.74, 6) is 0.122. The number of carbonyl (C=O) groups is 2. The lowest BCUT2D eigenvalue weighted by atomic mass is 10.1. The lowest BCUT2D eigenvalue weighted by molar-refractivity contribution is 0.0703. The molecule has 1 aliphatic heterocycles. The molecule has 0 spiro atoms. The second kappa shape index (κ2) is 7.06. The van der Waals surface area contributed by atoms with Crippen molar-refractivity contribution in [3.63, 3.8) is 0 Å². The summed E-state index contributed by atoms with van der Waals surface area (Å²) >= 11 is 1.05. The van der Waals surface area contributed by atoms with E-state index in [-0.39, 0.29) is 4.88 Å². The van der Waals surface area contributed by atoms with Crippen LogP contribution in [0.15, 0.2) is 48.8 Å². The van der Waals surface area contributed by atoms with Crippen molar-refractivity contribution >= 4 is 50.6 Å². The van der Waals surface area contributed by atoms with Crippen LogP contribution in [0.3, 0.4) is 0 Å². The summed E-state index contributed by atoms with van der Waals surface area (Å²) in [5, 5.41) is 13.2. The fourth-order valence-electron chi connectivity index (χ4n) is 3.62. The molecule has 8 nitrogen and oxygen atoms in total. The minimum Gasteiger partial charge on any atom is -0.477 e. The van der Waals surface area contributed by atoms with E-state index in [0.717, 1.165) is 22.6 Å². The number of nitrogens with one attached hydrogen (secondary N) is 1. The highest BCUT2D eigenvalue weighted by Crippen LogP contribution is 2.47. The molecule has 0 atom stereocenters. The number of benzene rings is 1. The summed E-state index contributed by atoms with van der Waals surface area (Å²) in [7, 11) is 0. The highest BCUT2D eigenvalue weighted by Gasteiger charge is 2.34. The minimum atomic E-state index is -1.10. The maximum absolute atomic E-state index is 13.0. The predicted octanol–water partition coefficient (Wildman–Crippen LogP) is 5.48. The predicted molar refractivity (Wildman–Crippen MR) is 118 cm³/mol. The highest BCUT2D eigenvalue weighted by molar-refractivity contribution is 7.21. The molecule has 1 aliphatic rings. The number of thiophene rings is 1. The maximum atomic E-state index is 13.0. The van der Waals surface area contributed by atoms with E-state index >= 15 is 0 Å². The van der Waals surface area contributed by atoms with E-state index in [1.54, 1.807) is 42.7 Å². The van der Waals surface area contributed by atoms with E-state index < -0.39 is 12.0 Å². The van der Waals surface area contributed by atoms with Crippen molar-refractivity contribution in [2.24, 2.45) is 0 Å². The number of aryl methyl sites for hydroxylation is 2. The van der Waals surface area contributed by atoms with Gasteiger partial charge in [0.2, 0.25) is 0 Å². The smallest absolute Gasteiger partial charge is 0.348 e. The molecule has 0 aliphatic carbocycles. The first kappa shape index (κ1) is 19.0. The van der Waals surface area contributed by atoms with Gasteiger partial charge in [-0.05, 0) is 55.8 Å². The first-order chi connectivity index (χ1) is 14.9. The Balaban J connectivity index is 1.62. The highest BCUT2D eigenvalue weighted by atomic mass is 32.1. The Bertz CT molecular complexity index is 1380. The molecule has 3 aromatic heterocycles. The van der Waals surface area contributed by atoms with Crippen molar-refractivity contribution in [2.75, 3.05) is 10.2 Å². The van der Waals surface area contributed by atoms with E-state index in [4.69, 9.17) is 4.74 Å². The number of hydrogen-bond donors (Lipinski definition) is 2. The van der Waals surface area contributed by atoms with E-state index in [9.17, 15) is 14.7 Å². The van der Waals surface area contributed by atoms with Crippen LogP contribution in [0, 0.1) is 13.8 Å². The molecule has 0 bridgehead atoms. The fraction of sp³-hybridized carbons (Fsp3) is 0.0909. The van der Waals surface area contributed by atoms with Gasteiger partial charge >= 0.3 is 12.0 Å². The van der Waals surface area contributed by atoms with Gasteiger partial charge in [-0.25, -0.2) is 14.6 Å². The van der Waals surface area contributed by atoms with Crippen LogP contribution in [0.1, 0.15) is 20.9 Å². The summed E-state index contributed by atoms with van der Waals surface area (Å²) in [4.78, 5) is 35.5. The Hall–Kier alpha value is -3.98. The second-order valence-corrected chi connectivity index (χ2v) is 8.03. The molecule has 0 radical (unpaired) electrons. The molecule has 0 saturated heterocycles. The molecule has 31 heavy (non-hydrogen) atoms. The molecular formula is C22H16N4O4S. The largest absolute Gasteiger partial charge is 0.477 e. The molecule has 0 saturated carbocycles. The number of aromatic carboxylic acids is 1. The van der Waals surface area contributed by atoms with E-state index in [0.29, 0.717) is 38.8 Å². The van der Waals surface area contributed by atoms with E-state index in [1.807, 2.05) is 19.9 Å². The first-order valence-corrected chi connectivity index (χ1v) is 10.2. The van der Waals surface area contributed by atoms with Gasteiger partial charge in [-0.2, -0.15) is 0 Å². The van der Waals surface area contributed by atoms with Crippen LogP contribution in [-0.4, -0.2) is 27.1 Å². The quantitative estimate of drug-likeness (QED) is 0.442. The number of rotatable bonds is 4. The zero-order valence-corrected chi connectivity index (χ0v) is 17.4. The molecule has 2 N–H and O–H groups in total. The average molecular weight is 432 g/mol. The Labute approximate surface area is 180 Å². The third-order valence-corrected chi connectivity index (χ3v) is 6.10. The third kappa shape index (κ3) is 3.06. The third-order valence-electron chi connectivity index (χ3n) is 5.02. The molecule has 154 valence electrons. The lowest BCUT2D eigenvalue weighted by Gasteiger charge is -2.29. The zero-order chi connectivity index (χ0) is 21.7. The van der Waals surface area contributed by atoms with Crippen LogP contribution < -0.4 is 15.0 Å². The lowest BCUT2D eigenvalue weighted by Crippen LogP contribution is -2.34. The van der Waals surface area contributed by atoms with Crippen molar-refractivity contribution in [3.8, 4) is 11.5 Å². The van der Waals surface area contributed by atoms with Crippen LogP contribution >= 0.6 is 11.3 Å². The van der Waals surface area contributed by atoms with Gasteiger partial charge in [0.1, 0.15) is 21.2 Å². The second-order valence-electron chi connectivity index (χ2n) is 7.03.